The highest BCUT2D eigenvalue weighted by Crippen LogP contribution is 2.05. The highest BCUT2D eigenvalue weighted by Gasteiger charge is 2.15. The zero-order chi connectivity index (χ0) is 11.1. The van der Waals surface area contributed by atoms with Crippen LogP contribution in [-0.4, -0.2) is 37.5 Å². The van der Waals surface area contributed by atoms with Gasteiger partial charge >= 0.3 is 0 Å². The molecule has 0 saturated heterocycles. The highest BCUT2D eigenvalue weighted by atomic mass is 16.1. The average molecular weight is 198 g/mol. The lowest BCUT2D eigenvalue weighted by atomic mass is 10.0. The Labute approximate surface area is 87.2 Å². The molecule has 0 heterocycles. The Hall–Kier alpha value is -0.830. The average Bonchev–Trinajstić information content (AvgIpc) is 2.03. The molecule has 1 N–H and O–H groups in total. The Balaban J connectivity index is 4.00. The number of hydrogen-bond acceptors (Lipinski definition) is 2. The van der Waals surface area contributed by atoms with E-state index >= 15 is 0 Å². The van der Waals surface area contributed by atoms with Crippen molar-refractivity contribution >= 4 is 5.91 Å². The number of amides is 1. The lowest BCUT2D eigenvalue weighted by Crippen LogP contribution is -2.42. The summed E-state index contributed by atoms with van der Waals surface area (Å²) in [7, 11) is 4.07. The maximum atomic E-state index is 11.2. The van der Waals surface area contributed by atoms with Crippen LogP contribution < -0.4 is 5.32 Å². The fourth-order valence-electron chi connectivity index (χ4n) is 1.43. The SMILES string of the molecule is CC=CC(=O)NCC(C(C)C)N(C)C. The third-order valence-corrected chi connectivity index (χ3v) is 2.24. The molecule has 1 amide bonds. The van der Waals surface area contributed by atoms with E-state index in [9.17, 15) is 4.79 Å². The quantitative estimate of drug-likeness (QED) is 0.675. The minimum Gasteiger partial charge on any atom is -0.351 e. The van der Waals surface area contributed by atoms with E-state index < -0.39 is 0 Å². The number of nitrogens with zero attached hydrogens (tertiary/aromatic N) is 1. The molecule has 0 saturated carbocycles. The fraction of sp³-hybridized carbons (Fsp3) is 0.727. The van der Waals surface area contributed by atoms with Gasteiger partial charge in [0.25, 0.3) is 0 Å². The molecule has 0 aromatic rings. The van der Waals surface area contributed by atoms with Crippen LogP contribution >= 0.6 is 0 Å². The molecular weight excluding hydrogens is 176 g/mol. The monoisotopic (exact) mass is 198 g/mol. The Morgan fingerprint density at radius 3 is 2.36 bits per heavy atom. The first-order valence-electron chi connectivity index (χ1n) is 5.06. The Morgan fingerprint density at radius 2 is 2.00 bits per heavy atom. The van der Waals surface area contributed by atoms with Gasteiger partial charge in [-0.15, -0.1) is 0 Å². The normalized spacial score (nSPS) is 13.9. The molecule has 0 fully saturated rings. The number of nitrogens with one attached hydrogen (secondary N) is 1. The summed E-state index contributed by atoms with van der Waals surface area (Å²) in [6, 6.07) is 0.393. The molecule has 0 bridgehead atoms. The summed E-state index contributed by atoms with van der Waals surface area (Å²) in [6.07, 6.45) is 3.29. The maximum absolute atomic E-state index is 11.2. The van der Waals surface area contributed by atoms with Gasteiger partial charge in [-0.3, -0.25) is 4.79 Å². The Morgan fingerprint density at radius 1 is 1.43 bits per heavy atom. The second kappa shape index (κ2) is 6.60. The second-order valence-electron chi connectivity index (χ2n) is 4.02. The Bertz CT molecular complexity index is 189. The van der Waals surface area contributed by atoms with Crippen LogP contribution in [0.25, 0.3) is 0 Å². The predicted octanol–water partition coefficient (Wildman–Crippen LogP) is 1.26. The smallest absolute Gasteiger partial charge is 0.243 e. The molecule has 3 nitrogen and oxygen atoms in total. The second-order valence-corrected chi connectivity index (χ2v) is 4.02. The van der Waals surface area contributed by atoms with Crippen LogP contribution in [0, 0.1) is 5.92 Å². The van der Waals surface area contributed by atoms with Crippen LogP contribution in [0.4, 0.5) is 0 Å². The van der Waals surface area contributed by atoms with Gasteiger partial charge in [0.1, 0.15) is 0 Å². The van der Waals surface area contributed by atoms with Gasteiger partial charge in [0.15, 0.2) is 0 Å². The third kappa shape index (κ3) is 5.02. The zero-order valence-electron chi connectivity index (χ0n) is 9.87. The van der Waals surface area contributed by atoms with Gasteiger partial charge in [0.2, 0.25) is 5.91 Å². The van der Waals surface area contributed by atoms with Crippen LogP contribution in [0.1, 0.15) is 20.8 Å². The summed E-state index contributed by atoms with van der Waals surface area (Å²) >= 11 is 0. The summed E-state index contributed by atoms with van der Waals surface area (Å²) in [4.78, 5) is 13.3. The van der Waals surface area contributed by atoms with Crippen molar-refractivity contribution in [2.75, 3.05) is 20.6 Å². The molecule has 0 aromatic heterocycles. The number of carbonyl (C=O) groups excluding carboxylic acids is 1. The van der Waals surface area contributed by atoms with Crippen LogP contribution in [0.15, 0.2) is 12.2 Å². The first kappa shape index (κ1) is 13.2. The third-order valence-electron chi connectivity index (χ3n) is 2.24. The van der Waals surface area contributed by atoms with Gasteiger partial charge in [-0.1, -0.05) is 19.9 Å². The first-order valence-corrected chi connectivity index (χ1v) is 5.06. The molecule has 14 heavy (non-hydrogen) atoms. The van der Waals surface area contributed by atoms with Crippen molar-refractivity contribution in [3.63, 3.8) is 0 Å². The molecule has 0 aliphatic heterocycles. The molecule has 0 aliphatic rings. The van der Waals surface area contributed by atoms with E-state index in [1.54, 1.807) is 12.2 Å². The summed E-state index contributed by atoms with van der Waals surface area (Å²) in [6.45, 7) is 6.86. The molecule has 0 rings (SSSR count). The van der Waals surface area contributed by atoms with Crippen LogP contribution in [0.2, 0.25) is 0 Å². The summed E-state index contributed by atoms with van der Waals surface area (Å²) < 4.78 is 0. The Kier molecular flexibility index (Phi) is 6.21. The number of rotatable bonds is 5. The number of carbonyl (C=O) groups is 1. The van der Waals surface area contributed by atoms with Crippen molar-refractivity contribution in [1.29, 1.82) is 0 Å². The molecular formula is C11H22N2O. The standard InChI is InChI=1S/C11H22N2O/c1-6-7-11(14)12-8-10(9(2)3)13(4)5/h6-7,9-10H,8H2,1-5H3,(H,12,14). The largest absolute Gasteiger partial charge is 0.351 e. The van der Waals surface area contributed by atoms with E-state index in [2.05, 4.69) is 24.1 Å². The number of allylic oxidation sites excluding steroid dienone is 1. The summed E-state index contributed by atoms with van der Waals surface area (Å²) in [5.74, 6) is 0.524. The highest BCUT2D eigenvalue weighted by molar-refractivity contribution is 5.87. The van der Waals surface area contributed by atoms with E-state index in [0.717, 1.165) is 0 Å². The van der Waals surface area contributed by atoms with E-state index in [1.807, 2.05) is 21.0 Å². The zero-order valence-corrected chi connectivity index (χ0v) is 9.87. The fourth-order valence-corrected chi connectivity index (χ4v) is 1.43. The minimum absolute atomic E-state index is 0.0139. The van der Waals surface area contributed by atoms with Gasteiger partial charge in [0.05, 0.1) is 0 Å². The van der Waals surface area contributed by atoms with Crippen molar-refractivity contribution in [1.82, 2.24) is 10.2 Å². The van der Waals surface area contributed by atoms with E-state index in [4.69, 9.17) is 0 Å². The lowest BCUT2D eigenvalue weighted by molar-refractivity contribution is -0.116. The van der Waals surface area contributed by atoms with Gasteiger partial charge in [-0.05, 0) is 33.0 Å². The minimum atomic E-state index is -0.0139. The number of hydrogen-bond donors (Lipinski definition) is 1. The number of likely N-dealkylation sites (N-methyl/N-ethyl adjacent to an activating group) is 1. The van der Waals surface area contributed by atoms with Crippen molar-refractivity contribution in [3.05, 3.63) is 12.2 Å². The predicted molar refractivity (Wildman–Crippen MR) is 60.1 cm³/mol. The van der Waals surface area contributed by atoms with Crippen LogP contribution in [0.5, 0.6) is 0 Å². The molecule has 3 heteroatoms. The van der Waals surface area contributed by atoms with Gasteiger partial charge in [0, 0.05) is 12.6 Å². The van der Waals surface area contributed by atoms with Crippen molar-refractivity contribution in [2.45, 2.75) is 26.8 Å². The van der Waals surface area contributed by atoms with Crippen LogP contribution in [0.3, 0.4) is 0 Å². The van der Waals surface area contributed by atoms with E-state index in [0.29, 0.717) is 18.5 Å². The maximum Gasteiger partial charge on any atom is 0.243 e. The van der Waals surface area contributed by atoms with Gasteiger partial charge < -0.3 is 10.2 Å². The van der Waals surface area contributed by atoms with Crippen molar-refractivity contribution < 1.29 is 4.79 Å². The summed E-state index contributed by atoms with van der Waals surface area (Å²) in [5.41, 5.74) is 0. The van der Waals surface area contributed by atoms with Crippen molar-refractivity contribution in [2.24, 2.45) is 5.92 Å². The van der Waals surface area contributed by atoms with Crippen molar-refractivity contribution in [3.8, 4) is 0 Å². The first-order chi connectivity index (χ1) is 6.49. The van der Waals surface area contributed by atoms with Gasteiger partial charge in [-0.25, -0.2) is 0 Å². The molecule has 0 aromatic carbocycles. The molecule has 82 valence electrons. The van der Waals surface area contributed by atoms with Crippen LogP contribution in [-0.2, 0) is 4.79 Å². The molecule has 1 atom stereocenters. The topological polar surface area (TPSA) is 32.3 Å². The molecule has 0 spiro atoms. The molecule has 1 unspecified atom stereocenters. The van der Waals surface area contributed by atoms with Gasteiger partial charge in [-0.2, -0.15) is 0 Å². The van der Waals surface area contributed by atoms with E-state index in [-0.39, 0.29) is 5.91 Å². The summed E-state index contributed by atoms with van der Waals surface area (Å²) in [5, 5.41) is 2.88. The molecule has 0 aliphatic carbocycles. The molecule has 0 radical (unpaired) electrons. The van der Waals surface area contributed by atoms with E-state index in [1.165, 1.54) is 0 Å². The lowest BCUT2D eigenvalue weighted by Gasteiger charge is -2.27.